The Labute approximate surface area is 206 Å². The largest absolute Gasteiger partial charge is 0.508 e. The van der Waals surface area contributed by atoms with Gasteiger partial charge in [0.05, 0.1) is 6.10 Å². The van der Waals surface area contributed by atoms with Crippen LogP contribution in [0.4, 0.5) is 0 Å². The molecular formula is C26H29NO9. The smallest absolute Gasteiger partial charge is 0.255 e. The quantitative estimate of drug-likeness (QED) is 0.309. The molecule has 0 saturated heterocycles. The first-order valence-corrected chi connectivity index (χ1v) is 11.9. The molecule has 1 fully saturated rings. The summed E-state index contributed by atoms with van der Waals surface area (Å²) in [7, 11) is 0. The van der Waals surface area contributed by atoms with E-state index < -0.39 is 81.8 Å². The molecule has 7 N–H and O–H groups in total. The first-order chi connectivity index (χ1) is 17.0. The van der Waals surface area contributed by atoms with Gasteiger partial charge >= 0.3 is 0 Å². The van der Waals surface area contributed by atoms with Crippen molar-refractivity contribution in [3.05, 3.63) is 58.8 Å². The summed E-state index contributed by atoms with van der Waals surface area (Å²) in [6.45, 7) is 0. The zero-order valence-electron chi connectivity index (χ0n) is 19.5. The van der Waals surface area contributed by atoms with E-state index in [9.17, 15) is 44.7 Å². The highest BCUT2D eigenvalue weighted by Gasteiger charge is 2.61. The van der Waals surface area contributed by atoms with E-state index in [1.54, 1.807) is 6.08 Å². The number of rotatable bonds is 4. The zero-order valence-corrected chi connectivity index (χ0v) is 19.5. The van der Waals surface area contributed by atoms with Gasteiger partial charge in [0, 0.05) is 42.2 Å². The summed E-state index contributed by atoms with van der Waals surface area (Å²) in [5, 5.41) is 55.7. The van der Waals surface area contributed by atoms with Gasteiger partial charge in [-0.25, -0.2) is 0 Å². The highest BCUT2D eigenvalue weighted by atomic mass is 16.4. The first kappa shape index (κ1) is 25.6. The molecule has 5 atom stereocenters. The highest BCUT2D eigenvalue weighted by Crippen LogP contribution is 2.52. The number of hydrogen-bond acceptors (Lipinski definition) is 9. The minimum atomic E-state index is -2.84. The number of primary amides is 1. The molecule has 36 heavy (non-hydrogen) atoms. The van der Waals surface area contributed by atoms with E-state index >= 15 is 0 Å². The second-order valence-electron chi connectivity index (χ2n) is 9.86. The molecule has 1 amide bonds. The molecule has 0 aliphatic heterocycles. The molecule has 0 bridgehead atoms. The third-order valence-electron chi connectivity index (χ3n) is 7.79. The summed E-state index contributed by atoms with van der Waals surface area (Å²) in [6, 6.07) is 0. The number of nitrogens with two attached hydrogens (primary N) is 1. The van der Waals surface area contributed by atoms with E-state index in [1.807, 2.05) is 0 Å². The van der Waals surface area contributed by atoms with Crippen LogP contribution in [0.3, 0.4) is 0 Å². The molecule has 0 spiro atoms. The maximum atomic E-state index is 13.1. The Kier molecular flexibility index (Phi) is 6.76. The highest BCUT2D eigenvalue weighted by molar-refractivity contribution is 6.20. The van der Waals surface area contributed by atoms with Crippen molar-refractivity contribution in [2.24, 2.45) is 29.4 Å². The lowest BCUT2D eigenvalue weighted by atomic mass is 9.59. The predicted molar refractivity (Wildman–Crippen MR) is 125 cm³/mol. The maximum absolute atomic E-state index is 13.1. The average Bonchev–Trinajstić information content (AvgIpc) is 3.35. The van der Waals surface area contributed by atoms with E-state index in [0.717, 1.165) is 37.8 Å². The Morgan fingerprint density at radius 2 is 1.72 bits per heavy atom. The normalized spacial score (nSPS) is 35.1. The predicted octanol–water partition coefficient (Wildman–Crippen LogP) is 1.31. The Morgan fingerprint density at radius 3 is 2.36 bits per heavy atom. The van der Waals surface area contributed by atoms with Crippen LogP contribution in [0.25, 0.3) is 0 Å². The van der Waals surface area contributed by atoms with E-state index in [-0.39, 0.29) is 18.1 Å². The van der Waals surface area contributed by atoms with Crippen molar-refractivity contribution in [3.63, 3.8) is 0 Å². The number of aliphatic hydroxyl groups is 5. The maximum Gasteiger partial charge on any atom is 0.255 e. The second kappa shape index (κ2) is 9.51. The van der Waals surface area contributed by atoms with Gasteiger partial charge in [-0.2, -0.15) is 0 Å². The monoisotopic (exact) mass is 499 g/mol. The Hall–Kier alpha value is -3.50. The van der Waals surface area contributed by atoms with Crippen molar-refractivity contribution in [2.45, 2.75) is 50.2 Å². The summed E-state index contributed by atoms with van der Waals surface area (Å²) >= 11 is 0. The molecule has 4 rings (SSSR count). The molecule has 10 heteroatoms. The molecule has 1 saturated carbocycles. The summed E-state index contributed by atoms with van der Waals surface area (Å²) in [5.74, 6) is -9.80. The van der Waals surface area contributed by atoms with Gasteiger partial charge in [-0.3, -0.25) is 19.2 Å². The molecule has 0 aromatic rings. The van der Waals surface area contributed by atoms with Gasteiger partial charge in [0.2, 0.25) is 0 Å². The molecule has 192 valence electrons. The summed E-state index contributed by atoms with van der Waals surface area (Å²) < 4.78 is 0. The van der Waals surface area contributed by atoms with E-state index in [4.69, 9.17) is 5.73 Å². The van der Waals surface area contributed by atoms with Crippen LogP contribution >= 0.6 is 0 Å². The number of carbonyl (C=O) groups is 4. The van der Waals surface area contributed by atoms with Crippen molar-refractivity contribution in [1.29, 1.82) is 0 Å². The number of carbonyl (C=O) groups excluding carboxylic acids is 4. The Balaban J connectivity index is 1.92. The van der Waals surface area contributed by atoms with Crippen molar-refractivity contribution in [3.8, 4) is 0 Å². The fourth-order valence-electron chi connectivity index (χ4n) is 5.98. The van der Waals surface area contributed by atoms with Crippen molar-refractivity contribution >= 4 is 23.3 Å². The fraction of sp³-hybridized carbons (Fsp3) is 0.462. The first-order valence-electron chi connectivity index (χ1n) is 11.9. The van der Waals surface area contributed by atoms with Gasteiger partial charge in [0.1, 0.15) is 28.6 Å². The van der Waals surface area contributed by atoms with Crippen LogP contribution in [0.2, 0.25) is 0 Å². The third kappa shape index (κ3) is 4.10. The van der Waals surface area contributed by atoms with Crippen molar-refractivity contribution < 1.29 is 44.7 Å². The molecule has 0 aromatic carbocycles. The van der Waals surface area contributed by atoms with Crippen LogP contribution in [-0.4, -0.2) is 60.5 Å². The van der Waals surface area contributed by atoms with Crippen LogP contribution in [0.5, 0.6) is 0 Å². The summed E-state index contributed by atoms with van der Waals surface area (Å²) in [5.41, 5.74) is 0.965. The van der Waals surface area contributed by atoms with Crippen LogP contribution < -0.4 is 5.73 Å². The molecular weight excluding hydrogens is 470 g/mol. The standard InChI is InChI=1S/C26H29NO9/c27-25(35)21-18(31)11-15-22(32)19-13(9-16(29)12-5-1-2-6-12)7-3-4-8-14(28)10-17(30)20(19)23(33)26(15,36)24(21)34/h3-4,7-8,10,12-13,15,19,22,30,32-34,36H,1-2,5-6,9,11H2,(H2,27,35)/b7-3+,8-4-,17-10?/t13-,15-,19-,22-,26+/m1/s1. The molecule has 4 aliphatic carbocycles. The number of aliphatic hydroxyl groups excluding tert-OH is 4. The number of Topliss-reactive ketones (excluding diaryl/α,β-unsaturated/α-hetero) is 2. The van der Waals surface area contributed by atoms with E-state index in [1.165, 1.54) is 12.2 Å². The van der Waals surface area contributed by atoms with Crippen LogP contribution in [0.15, 0.2) is 58.8 Å². The number of amides is 1. The minimum Gasteiger partial charge on any atom is -0.508 e. The zero-order chi connectivity index (χ0) is 26.4. The van der Waals surface area contributed by atoms with Gasteiger partial charge < -0.3 is 31.3 Å². The molecule has 0 radical (unpaired) electrons. The lowest BCUT2D eigenvalue weighted by Gasteiger charge is -2.49. The van der Waals surface area contributed by atoms with Gasteiger partial charge in [0.25, 0.3) is 5.91 Å². The van der Waals surface area contributed by atoms with Crippen LogP contribution in [-0.2, 0) is 19.2 Å². The SMILES string of the molecule is NC(=O)C1=C(O)[C@@]2(O)C(O)=C3C(O)=CC(=O)/C=C\C=C\[C@H](CC(=O)C4CCCC4)[C@H]3[C@H](O)[C@H]2CC1=O. The summed E-state index contributed by atoms with van der Waals surface area (Å²) in [4.78, 5) is 49.7. The lowest BCUT2D eigenvalue weighted by Crippen LogP contribution is -2.59. The topological polar surface area (TPSA) is 195 Å². The molecule has 0 aromatic heterocycles. The van der Waals surface area contributed by atoms with Crippen LogP contribution in [0, 0.1) is 23.7 Å². The fourth-order valence-corrected chi connectivity index (χ4v) is 5.98. The molecule has 10 nitrogen and oxygen atoms in total. The van der Waals surface area contributed by atoms with Gasteiger partial charge in [0.15, 0.2) is 17.2 Å². The van der Waals surface area contributed by atoms with E-state index in [2.05, 4.69) is 0 Å². The summed E-state index contributed by atoms with van der Waals surface area (Å²) in [6.07, 6.45) is 7.33. The Bertz CT molecular complexity index is 1170. The minimum absolute atomic E-state index is 0.0620. The van der Waals surface area contributed by atoms with E-state index in [0.29, 0.717) is 0 Å². The third-order valence-corrected chi connectivity index (χ3v) is 7.79. The van der Waals surface area contributed by atoms with Gasteiger partial charge in [-0.1, -0.05) is 31.1 Å². The number of ketones is 3. The average molecular weight is 500 g/mol. The molecule has 0 heterocycles. The lowest BCUT2D eigenvalue weighted by molar-refractivity contribution is -0.139. The van der Waals surface area contributed by atoms with Crippen LogP contribution in [0.1, 0.15) is 38.5 Å². The second-order valence-corrected chi connectivity index (χ2v) is 9.86. The molecule has 0 unspecified atom stereocenters. The number of allylic oxidation sites excluding steroid dienone is 6. The van der Waals surface area contributed by atoms with Crippen molar-refractivity contribution in [1.82, 2.24) is 0 Å². The number of hydrogen-bond donors (Lipinski definition) is 6. The number of fused-ring (bicyclic) bond motifs is 2. The Morgan fingerprint density at radius 1 is 1.06 bits per heavy atom. The van der Waals surface area contributed by atoms with Crippen molar-refractivity contribution in [2.75, 3.05) is 0 Å². The molecule has 4 aliphatic rings. The van der Waals surface area contributed by atoms with Gasteiger partial charge in [-0.05, 0) is 24.8 Å². The van der Waals surface area contributed by atoms with Gasteiger partial charge in [-0.15, -0.1) is 0 Å².